The zero-order valence-corrected chi connectivity index (χ0v) is 9.84. The van der Waals surface area contributed by atoms with Gasteiger partial charge in [0.15, 0.2) is 0 Å². The van der Waals surface area contributed by atoms with Crippen LogP contribution in [0.2, 0.25) is 25.7 Å². The van der Waals surface area contributed by atoms with Gasteiger partial charge in [0.25, 0.3) is 0 Å². The van der Waals surface area contributed by atoms with Crippen LogP contribution in [0.1, 0.15) is 19.3 Å². The van der Waals surface area contributed by atoms with Gasteiger partial charge in [0, 0.05) is 14.5 Å². The third kappa shape index (κ3) is 11.4. The largest absolute Gasteiger partial charge is 0.481 e. The number of carbonyl (C=O) groups is 1. The molecule has 0 fully saturated rings. The molecule has 13 heavy (non-hydrogen) atoms. The molecule has 2 nitrogen and oxygen atoms in total. The molecule has 0 aromatic heterocycles. The Morgan fingerprint density at radius 1 is 1.23 bits per heavy atom. The summed E-state index contributed by atoms with van der Waals surface area (Å²) in [7, 11) is -0.907. The highest BCUT2D eigenvalue weighted by molar-refractivity contribution is 6.76. The highest BCUT2D eigenvalue weighted by Crippen LogP contribution is 2.11. The molecule has 76 valence electrons. The molecule has 0 aliphatic rings. The quantitative estimate of drug-likeness (QED) is 0.528. The minimum absolute atomic E-state index is 0.253. The maximum Gasteiger partial charge on any atom is 0.303 e. The summed E-state index contributed by atoms with van der Waals surface area (Å²) < 4.78 is 0. The highest BCUT2D eigenvalue weighted by atomic mass is 28.3. The van der Waals surface area contributed by atoms with Gasteiger partial charge in [-0.1, -0.05) is 37.8 Å². The van der Waals surface area contributed by atoms with Gasteiger partial charge in [0.2, 0.25) is 0 Å². The fourth-order valence-corrected chi connectivity index (χ4v) is 1.99. The van der Waals surface area contributed by atoms with Crippen molar-refractivity contribution >= 4 is 14.0 Å². The fourth-order valence-electron chi connectivity index (χ4n) is 0.959. The summed E-state index contributed by atoms with van der Waals surface area (Å²) in [6.07, 6.45) is 6.12. The third-order valence-corrected chi connectivity index (χ3v) is 3.54. The molecule has 0 aliphatic carbocycles. The van der Waals surface area contributed by atoms with E-state index in [1.807, 2.05) is 6.08 Å². The van der Waals surface area contributed by atoms with E-state index in [0.717, 1.165) is 6.42 Å². The van der Waals surface area contributed by atoms with Crippen LogP contribution < -0.4 is 0 Å². The molecule has 0 aromatic rings. The second-order valence-corrected chi connectivity index (χ2v) is 10.1. The Hall–Kier alpha value is -0.573. The van der Waals surface area contributed by atoms with Gasteiger partial charge in [-0.3, -0.25) is 4.79 Å². The molecule has 0 bridgehead atoms. The second-order valence-electron chi connectivity index (χ2n) is 4.50. The van der Waals surface area contributed by atoms with Crippen molar-refractivity contribution in [2.45, 2.75) is 44.9 Å². The molecule has 0 amide bonds. The normalized spacial score (nSPS) is 12.2. The van der Waals surface area contributed by atoms with E-state index in [1.54, 1.807) is 0 Å². The molecule has 0 aliphatic heterocycles. The smallest absolute Gasteiger partial charge is 0.303 e. The predicted molar refractivity (Wildman–Crippen MR) is 58.8 cm³/mol. The monoisotopic (exact) mass is 200 g/mol. The van der Waals surface area contributed by atoms with E-state index in [0.29, 0.717) is 6.42 Å². The molecular formula is C10H20O2Si. The number of carboxylic acids is 1. The van der Waals surface area contributed by atoms with Crippen LogP contribution in [0.5, 0.6) is 0 Å². The molecule has 0 heterocycles. The summed E-state index contributed by atoms with van der Waals surface area (Å²) in [6, 6.07) is 1.29. The summed E-state index contributed by atoms with van der Waals surface area (Å²) in [5, 5.41) is 8.37. The molecule has 0 saturated heterocycles. The molecule has 0 unspecified atom stereocenters. The number of rotatable bonds is 6. The molecular weight excluding hydrogens is 180 g/mol. The third-order valence-electron chi connectivity index (χ3n) is 1.75. The summed E-state index contributed by atoms with van der Waals surface area (Å²) in [5.74, 6) is -0.713. The summed E-state index contributed by atoms with van der Waals surface area (Å²) >= 11 is 0. The van der Waals surface area contributed by atoms with Crippen molar-refractivity contribution in [2.75, 3.05) is 0 Å². The average molecular weight is 200 g/mol. The first-order chi connectivity index (χ1) is 5.92. The van der Waals surface area contributed by atoms with E-state index >= 15 is 0 Å². The van der Waals surface area contributed by atoms with Gasteiger partial charge in [-0.2, -0.15) is 0 Å². The van der Waals surface area contributed by atoms with Crippen LogP contribution in [0.15, 0.2) is 12.2 Å². The number of allylic oxidation sites excluding steroid dienone is 2. The molecule has 0 radical (unpaired) electrons. The van der Waals surface area contributed by atoms with Crippen molar-refractivity contribution in [2.24, 2.45) is 0 Å². The Morgan fingerprint density at radius 2 is 1.77 bits per heavy atom. The van der Waals surface area contributed by atoms with Crippen LogP contribution in [-0.4, -0.2) is 19.1 Å². The highest BCUT2D eigenvalue weighted by Gasteiger charge is 2.10. The van der Waals surface area contributed by atoms with Gasteiger partial charge in [-0.05, 0) is 12.8 Å². The topological polar surface area (TPSA) is 37.3 Å². The lowest BCUT2D eigenvalue weighted by Crippen LogP contribution is -2.18. The van der Waals surface area contributed by atoms with Gasteiger partial charge in [0.1, 0.15) is 0 Å². The number of hydrogen-bond donors (Lipinski definition) is 1. The zero-order chi connectivity index (χ0) is 10.3. The first-order valence-electron chi connectivity index (χ1n) is 4.78. The molecule has 0 rings (SSSR count). The summed E-state index contributed by atoms with van der Waals surface area (Å²) in [6.45, 7) is 7.04. The van der Waals surface area contributed by atoms with E-state index < -0.39 is 14.0 Å². The molecule has 0 saturated carbocycles. The lowest BCUT2D eigenvalue weighted by Gasteiger charge is -2.13. The lowest BCUT2D eigenvalue weighted by molar-refractivity contribution is -0.136. The van der Waals surface area contributed by atoms with Gasteiger partial charge < -0.3 is 5.11 Å². The van der Waals surface area contributed by atoms with Crippen molar-refractivity contribution in [3.8, 4) is 0 Å². The van der Waals surface area contributed by atoms with E-state index in [4.69, 9.17) is 5.11 Å². The van der Waals surface area contributed by atoms with Gasteiger partial charge in [-0.25, -0.2) is 0 Å². The molecule has 1 N–H and O–H groups in total. The van der Waals surface area contributed by atoms with E-state index in [9.17, 15) is 4.79 Å². The van der Waals surface area contributed by atoms with Crippen molar-refractivity contribution in [3.05, 3.63) is 12.2 Å². The van der Waals surface area contributed by atoms with Crippen molar-refractivity contribution in [1.82, 2.24) is 0 Å². The Balaban J connectivity index is 3.38. The van der Waals surface area contributed by atoms with Crippen LogP contribution in [0.4, 0.5) is 0 Å². The van der Waals surface area contributed by atoms with Gasteiger partial charge >= 0.3 is 5.97 Å². The fraction of sp³-hybridized carbons (Fsp3) is 0.700. The molecule has 0 aromatic carbocycles. The first kappa shape index (κ1) is 12.4. The summed E-state index contributed by atoms with van der Waals surface area (Å²) in [4.78, 5) is 10.2. The number of hydrogen-bond acceptors (Lipinski definition) is 1. The van der Waals surface area contributed by atoms with Crippen LogP contribution in [0.3, 0.4) is 0 Å². The number of aliphatic carboxylic acids is 1. The zero-order valence-electron chi connectivity index (χ0n) is 8.84. The number of carboxylic acid groups (broad SMARTS) is 1. The molecule has 0 atom stereocenters. The SMILES string of the molecule is C[Si](C)(C)CC/C=C/CCC(=O)O. The van der Waals surface area contributed by atoms with E-state index in [1.165, 1.54) is 6.04 Å². The van der Waals surface area contributed by atoms with Crippen LogP contribution in [0.25, 0.3) is 0 Å². The van der Waals surface area contributed by atoms with Crippen molar-refractivity contribution < 1.29 is 9.90 Å². The summed E-state index contributed by atoms with van der Waals surface area (Å²) in [5.41, 5.74) is 0. The second kappa shape index (κ2) is 5.97. The van der Waals surface area contributed by atoms with E-state index in [2.05, 4.69) is 25.7 Å². The lowest BCUT2D eigenvalue weighted by atomic mass is 10.3. The van der Waals surface area contributed by atoms with Gasteiger partial charge in [-0.15, -0.1) is 0 Å². The van der Waals surface area contributed by atoms with Crippen molar-refractivity contribution in [1.29, 1.82) is 0 Å². The van der Waals surface area contributed by atoms with Crippen LogP contribution >= 0.6 is 0 Å². The predicted octanol–water partition coefficient (Wildman–Crippen LogP) is 3.14. The van der Waals surface area contributed by atoms with Crippen molar-refractivity contribution in [3.63, 3.8) is 0 Å². The minimum atomic E-state index is -0.907. The molecule has 0 spiro atoms. The van der Waals surface area contributed by atoms with E-state index in [-0.39, 0.29) is 6.42 Å². The maximum absolute atomic E-state index is 10.2. The molecule has 3 heteroatoms. The average Bonchev–Trinajstić information content (AvgIpc) is 1.93. The Labute approximate surface area is 81.7 Å². The van der Waals surface area contributed by atoms with Crippen LogP contribution in [-0.2, 0) is 4.79 Å². The Kier molecular flexibility index (Phi) is 5.71. The Morgan fingerprint density at radius 3 is 2.23 bits per heavy atom. The van der Waals surface area contributed by atoms with Gasteiger partial charge in [0.05, 0.1) is 0 Å². The minimum Gasteiger partial charge on any atom is -0.481 e. The standard InChI is InChI=1S/C10H20O2Si/c1-13(2,3)9-7-5-4-6-8-10(11)12/h4-5H,6-9H2,1-3H3,(H,11,12)/b5-4+. The Bertz CT molecular complexity index is 180. The van der Waals surface area contributed by atoms with Crippen LogP contribution in [0, 0.1) is 0 Å². The maximum atomic E-state index is 10.2. The first-order valence-corrected chi connectivity index (χ1v) is 8.49.